The number of pyridine rings is 1. The molecule has 1 aromatic heterocycles. The van der Waals surface area contributed by atoms with Gasteiger partial charge < -0.3 is 29.6 Å². The molecule has 44 heavy (non-hydrogen) atoms. The van der Waals surface area contributed by atoms with Crippen molar-refractivity contribution in [1.29, 1.82) is 0 Å². The van der Waals surface area contributed by atoms with Gasteiger partial charge in [-0.3, -0.25) is 24.1 Å². The van der Waals surface area contributed by atoms with E-state index in [1.165, 1.54) is 7.11 Å². The van der Waals surface area contributed by atoms with Crippen LogP contribution in [-0.2, 0) is 30.4 Å². The number of rotatable bonds is 10. The number of aromatic nitrogens is 1. The lowest BCUT2D eigenvalue weighted by molar-refractivity contribution is -0.134. The number of nitrogens with zero attached hydrogens (tertiary/aromatic N) is 2. The normalized spacial score (nSPS) is 17.1. The number of para-hydroxylation sites is 1. The van der Waals surface area contributed by atoms with Gasteiger partial charge in [0.2, 0.25) is 5.91 Å². The standard InChI is InChI=1S/C29H34ClN5O8S/c1-29(2,3)43-28(39)35-11-9-20(24(27(35)38)26(37)34-44-22-7-5-6-19(30)25(22)40-4)32-12-17-8-10-31-14-21(17)42-15-18-13-33-23(36)16-41-18/h5-8,10,14,18,32H,9,11-13,15-16H2,1-4H3,(H,33,36)(H,34,37)/t18-/m0/s1. The van der Waals surface area contributed by atoms with Crippen molar-refractivity contribution in [2.24, 2.45) is 0 Å². The number of amides is 4. The summed E-state index contributed by atoms with van der Waals surface area (Å²) in [6.07, 6.45) is 2.15. The molecule has 1 saturated heterocycles. The summed E-state index contributed by atoms with van der Waals surface area (Å²) >= 11 is 7.13. The Bertz CT molecular complexity index is 1440. The molecule has 0 saturated carbocycles. The van der Waals surface area contributed by atoms with Gasteiger partial charge in [0.1, 0.15) is 36.2 Å². The Labute approximate surface area is 264 Å². The molecule has 0 aliphatic carbocycles. The van der Waals surface area contributed by atoms with Crippen LogP contribution in [0, 0.1) is 0 Å². The molecule has 15 heteroatoms. The second kappa shape index (κ2) is 14.6. The molecule has 0 radical (unpaired) electrons. The van der Waals surface area contributed by atoms with Crippen LogP contribution >= 0.6 is 23.5 Å². The lowest BCUT2D eigenvalue weighted by atomic mass is 10.0. The second-order valence-corrected chi connectivity index (χ2v) is 12.0. The number of benzene rings is 1. The molecule has 1 fully saturated rings. The zero-order valence-corrected chi connectivity index (χ0v) is 26.3. The molecule has 2 aromatic rings. The molecule has 0 spiro atoms. The summed E-state index contributed by atoms with van der Waals surface area (Å²) in [6, 6.07) is 6.80. The average Bonchev–Trinajstić information content (AvgIpc) is 2.98. The van der Waals surface area contributed by atoms with E-state index in [0.29, 0.717) is 39.2 Å². The van der Waals surface area contributed by atoms with Crippen molar-refractivity contribution in [3.8, 4) is 11.5 Å². The minimum atomic E-state index is -0.845. The fraction of sp³-hybridized carbons (Fsp3) is 0.414. The predicted octanol–water partition coefficient (Wildman–Crippen LogP) is 2.97. The van der Waals surface area contributed by atoms with Gasteiger partial charge in [0.25, 0.3) is 11.8 Å². The van der Waals surface area contributed by atoms with E-state index in [9.17, 15) is 19.2 Å². The van der Waals surface area contributed by atoms with Gasteiger partial charge in [-0.25, -0.2) is 9.69 Å². The summed E-state index contributed by atoms with van der Waals surface area (Å²) < 4.78 is 24.8. The number of halogens is 1. The Morgan fingerprint density at radius 3 is 2.75 bits per heavy atom. The first-order valence-corrected chi connectivity index (χ1v) is 14.9. The SMILES string of the molecule is COc1c(Cl)cccc1SNC(=O)C1=C(NCc2ccncc2OC[C@@H]2CNC(=O)CO2)CCN(C(=O)OC(C)(C)C)C1=O. The Kier molecular flexibility index (Phi) is 10.9. The fourth-order valence-electron chi connectivity index (χ4n) is 4.24. The summed E-state index contributed by atoms with van der Waals surface area (Å²) in [6.45, 7) is 5.73. The van der Waals surface area contributed by atoms with E-state index in [2.05, 4.69) is 20.3 Å². The van der Waals surface area contributed by atoms with Gasteiger partial charge in [0.15, 0.2) is 5.75 Å². The van der Waals surface area contributed by atoms with E-state index in [0.717, 1.165) is 16.8 Å². The van der Waals surface area contributed by atoms with Crippen LogP contribution in [0.4, 0.5) is 4.79 Å². The number of imide groups is 1. The van der Waals surface area contributed by atoms with Crippen LogP contribution in [0.1, 0.15) is 32.8 Å². The van der Waals surface area contributed by atoms with E-state index < -0.39 is 23.5 Å². The van der Waals surface area contributed by atoms with E-state index in [1.807, 2.05) is 0 Å². The molecule has 2 aliphatic rings. The van der Waals surface area contributed by atoms with Crippen molar-refractivity contribution in [3.63, 3.8) is 0 Å². The van der Waals surface area contributed by atoms with Gasteiger partial charge in [0, 0.05) is 43.5 Å². The van der Waals surface area contributed by atoms with Gasteiger partial charge >= 0.3 is 6.09 Å². The van der Waals surface area contributed by atoms with E-state index >= 15 is 0 Å². The smallest absolute Gasteiger partial charge is 0.417 e. The van der Waals surface area contributed by atoms with Crippen LogP contribution in [0.25, 0.3) is 0 Å². The number of hydrogen-bond acceptors (Lipinski definition) is 11. The van der Waals surface area contributed by atoms with E-state index in [4.69, 9.17) is 30.5 Å². The van der Waals surface area contributed by atoms with Crippen molar-refractivity contribution in [2.45, 2.75) is 50.3 Å². The topological polar surface area (TPSA) is 157 Å². The minimum Gasteiger partial charge on any atom is -0.494 e. The zero-order chi connectivity index (χ0) is 31.9. The second-order valence-electron chi connectivity index (χ2n) is 10.7. The lowest BCUT2D eigenvalue weighted by Crippen LogP contribution is -2.48. The summed E-state index contributed by atoms with van der Waals surface area (Å²) in [5, 5.41) is 6.27. The maximum absolute atomic E-state index is 13.6. The Morgan fingerprint density at radius 1 is 1.25 bits per heavy atom. The first-order chi connectivity index (χ1) is 21.0. The van der Waals surface area contributed by atoms with Crippen LogP contribution < -0.4 is 24.8 Å². The summed E-state index contributed by atoms with van der Waals surface area (Å²) in [7, 11) is 1.46. The quantitative estimate of drug-likeness (QED) is 0.257. The minimum absolute atomic E-state index is 0.00651. The maximum atomic E-state index is 13.6. The summed E-state index contributed by atoms with van der Waals surface area (Å²) in [4.78, 5) is 56.9. The van der Waals surface area contributed by atoms with E-state index in [1.54, 1.807) is 57.4 Å². The van der Waals surface area contributed by atoms with E-state index in [-0.39, 0.29) is 50.3 Å². The molecule has 236 valence electrons. The molecule has 4 amide bonds. The molecule has 13 nitrogen and oxygen atoms in total. The van der Waals surface area contributed by atoms with Crippen molar-refractivity contribution in [2.75, 3.05) is 33.4 Å². The monoisotopic (exact) mass is 647 g/mol. The van der Waals surface area contributed by atoms with Crippen LogP contribution in [0.3, 0.4) is 0 Å². The van der Waals surface area contributed by atoms with Gasteiger partial charge in [-0.1, -0.05) is 17.7 Å². The lowest BCUT2D eigenvalue weighted by Gasteiger charge is -2.31. The Morgan fingerprint density at radius 2 is 2.05 bits per heavy atom. The molecular formula is C29H34ClN5O8S. The third-order valence-corrected chi connectivity index (χ3v) is 7.47. The zero-order valence-electron chi connectivity index (χ0n) is 24.7. The van der Waals surface area contributed by atoms with Crippen LogP contribution in [0.2, 0.25) is 5.02 Å². The first kappa shape index (κ1) is 32.9. The molecule has 1 aromatic carbocycles. The first-order valence-electron chi connectivity index (χ1n) is 13.7. The third-order valence-electron chi connectivity index (χ3n) is 6.34. The van der Waals surface area contributed by atoms with Crippen LogP contribution in [-0.4, -0.2) is 78.8 Å². The number of hydrogen-bond donors (Lipinski definition) is 3. The average molecular weight is 648 g/mol. The highest BCUT2D eigenvalue weighted by Gasteiger charge is 2.37. The molecule has 0 bridgehead atoms. The molecule has 3 N–H and O–H groups in total. The largest absolute Gasteiger partial charge is 0.494 e. The Hall–Kier alpha value is -4.01. The number of morpholine rings is 1. The van der Waals surface area contributed by atoms with Gasteiger partial charge in [-0.15, -0.1) is 0 Å². The van der Waals surface area contributed by atoms with Crippen molar-refractivity contribution >= 4 is 47.4 Å². The highest BCUT2D eigenvalue weighted by Crippen LogP contribution is 2.34. The third kappa shape index (κ3) is 8.55. The molecule has 3 heterocycles. The number of ether oxygens (including phenoxy) is 4. The van der Waals surface area contributed by atoms with Crippen molar-refractivity contribution < 1.29 is 38.1 Å². The van der Waals surface area contributed by atoms with Gasteiger partial charge in [-0.2, -0.15) is 0 Å². The van der Waals surface area contributed by atoms with Gasteiger partial charge in [0.05, 0.1) is 23.2 Å². The Balaban J connectivity index is 1.53. The highest BCUT2D eigenvalue weighted by atomic mass is 35.5. The van der Waals surface area contributed by atoms with Crippen molar-refractivity contribution in [1.82, 2.24) is 25.2 Å². The molecule has 4 rings (SSSR count). The number of methoxy groups -OCH3 is 1. The molecule has 1 atom stereocenters. The number of carbonyl (C=O) groups excluding carboxylic acids is 4. The molecule has 2 aliphatic heterocycles. The number of nitrogens with one attached hydrogen (secondary N) is 3. The summed E-state index contributed by atoms with van der Waals surface area (Å²) in [5.74, 6) is -0.873. The van der Waals surface area contributed by atoms with Crippen LogP contribution in [0.15, 0.2) is 52.8 Å². The van der Waals surface area contributed by atoms with Gasteiger partial charge in [-0.05, 0) is 50.9 Å². The number of carbonyl (C=O) groups is 4. The maximum Gasteiger partial charge on any atom is 0.417 e. The molecular weight excluding hydrogens is 614 g/mol. The molecule has 0 unspecified atom stereocenters. The predicted molar refractivity (Wildman–Crippen MR) is 161 cm³/mol. The van der Waals surface area contributed by atoms with Crippen molar-refractivity contribution in [3.05, 3.63) is 58.5 Å². The van der Waals surface area contributed by atoms with Crippen LogP contribution in [0.5, 0.6) is 11.5 Å². The summed E-state index contributed by atoms with van der Waals surface area (Å²) in [5.41, 5.74) is -0.0368. The fourth-order valence-corrected chi connectivity index (χ4v) is 5.29. The highest BCUT2D eigenvalue weighted by molar-refractivity contribution is 7.98.